The van der Waals surface area contributed by atoms with E-state index in [2.05, 4.69) is 5.32 Å². The Morgan fingerprint density at radius 2 is 2.26 bits per heavy atom. The van der Waals surface area contributed by atoms with Crippen LogP contribution in [0.15, 0.2) is 24.3 Å². The van der Waals surface area contributed by atoms with Gasteiger partial charge in [0.15, 0.2) is 0 Å². The predicted molar refractivity (Wildman–Crippen MR) is 70.6 cm³/mol. The van der Waals surface area contributed by atoms with E-state index in [0.717, 1.165) is 19.3 Å². The maximum absolute atomic E-state index is 11.9. The van der Waals surface area contributed by atoms with Crippen LogP contribution in [0.25, 0.3) is 0 Å². The van der Waals surface area contributed by atoms with Crippen LogP contribution in [0, 0.1) is 10.1 Å². The van der Waals surface area contributed by atoms with Gasteiger partial charge in [0.05, 0.1) is 11.3 Å². The summed E-state index contributed by atoms with van der Waals surface area (Å²) in [6.07, 6.45) is 3.01. The van der Waals surface area contributed by atoms with Crippen molar-refractivity contribution < 1.29 is 9.72 Å². The van der Waals surface area contributed by atoms with Gasteiger partial charge in [-0.05, 0) is 24.8 Å². The van der Waals surface area contributed by atoms with E-state index in [1.54, 1.807) is 12.1 Å². The molecule has 2 rings (SSSR count). The molecular weight excluding hydrogens is 246 g/mol. The normalized spacial score (nSPS) is 22.2. The number of amides is 1. The SMILES string of the molecule is NC1CCCC1NC(=O)Cc1cccc([N+](=O)[O-])c1. The first-order valence-corrected chi connectivity index (χ1v) is 6.34. The summed E-state index contributed by atoms with van der Waals surface area (Å²) in [6.45, 7) is 0. The van der Waals surface area contributed by atoms with Crippen LogP contribution in [0.5, 0.6) is 0 Å². The van der Waals surface area contributed by atoms with Crippen LogP contribution in [-0.4, -0.2) is 22.9 Å². The first-order chi connectivity index (χ1) is 9.06. The third-order valence-electron chi connectivity index (χ3n) is 3.40. The minimum Gasteiger partial charge on any atom is -0.352 e. The van der Waals surface area contributed by atoms with Gasteiger partial charge in [-0.15, -0.1) is 0 Å². The second-order valence-electron chi connectivity index (χ2n) is 4.87. The molecule has 1 aromatic rings. The summed E-state index contributed by atoms with van der Waals surface area (Å²) in [5, 5.41) is 13.5. The molecule has 0 saturated heterocycles. The van der Waals surface area contributed by atoms with E-state index in [0.29, 0.717) is 5.56 Å². The highest BCUT2D eigenvalue weighted by atomic mass is 16.6. The van der Waals surface area contributed by atoms with Crippen molar-refractivity contribution >= 4 is 11.6 Å². The Hall–Kier alpha value is -1.95. The summed E-state index contributed by atoms with van der Waals surface area (Å²) < 4.78 is 0. The van der Waals surface area contributed by atoms with Crippen molar-refractivity contribution in [3.63, 3.8) is 0 Å². The number of rotatable bonds is 4. The fraction of sp³-hybridized carbons (Fsp3) is 0.462. The van der Waals surface area contributed by atoms with Gasteiger partial charge in [0.1, 0.15) is 0 Å². The maximum Gasteiger partial charge on any atom is 0.269 e. The monoisotopic (exact) mass is 263 g/mol. The van der Waals surface area contributed by atoms with Gasteiger partial charge < -0.3 is 11.1 Å². The lowest BCUT2D eigenvalue weighted by atomic mass is 10.1. The fourth-order valence-corrected chi connectivity index (χ4v) is 2.39. The van der Waals surface area contributed by atoms with E-state index >= 15 is 0 Å². The molecule has 2 unspecified atom stereocenters. The molecule has 3 N–H and O–H groups in total. The molecule has 0 radical (unpaired) electrons. The van der Waals surface area contributed by atoms with Gasteiger partial charge in [-0.2, -0.15) is 0 Å². The van der Waals surface area contributed by atoms with Crippen molar-refractivity contribution in [1.29, 1.82) is 0 Å². The third-order valence-corrected chi connectivity index (χ3v) is 3.40. The van der Waals surface area contributed by atoms with Crippen molar-refractivity contribution in [3.05, 3.63) is 39.9 Å². The lowest BCUT2D eigenvalue weighted by molar-refractivity contribution is -0.384. The second-order valence-corrected chi connectivity index (χ2v) is 4.87. The van der Waals surface area contributed by atoms with Crippen LogP contribution < -0.4 is 11.1 Å². The molecule has 2 atom stereocenters. The van der Waals surface area contributed by atoms with E-state index in [1.807, 2.05) is 0 Å². The molecule has 1 aliphatic rings. The maximum atomic E-state index is 11.9. The Balaban J connectivity index is 1.95. The van der Waals surface area contributed by atoms with Crippen molar-refractivity contribution in [2.45, 2.75) is 37.8 Å². The molecule has 0 heterocycles. The van der Waals surface area contributed by atoms with Crippen molar-refractivity contribution in [1.82, 2.24) is 5.32 Å². The van der Waals surface area contributed by atoms with Crippen molar-refractivity contribution in [2.75, 3.05) is 0 Å². The second kappa shape index (κ2) is 5.79. The van der Waals surface area contributed by atoms with Crippen LogP contribution in [0.4, 0.5) is 5.69 Å². The number of benzene rings is 1. The largest absolute Gasteiger partial charge is 0.352 e. The van der Waals surface area contributed by atoms with Gasteiger partial charge in [0, 0.05) is 24.2 Å². The van der Waals surface area contributed by atoms with Crippen molar-refractivity contribution in [3.8, 4) is 0 Å². The summed E-state index contributed by atoms with van der Waals surface area (Å²) in [5.74, 6) is -0.136. The lowest BCUT2D eigenvalue weighted by Crippen LogP contribution is -2.44. The molecule has 6 nitrogen and oxygen atoms in total. The number of nitro groups is 1. The summed E-state index contributed by atoms with van der Waals surface area (Å²) in [6, 6.07) is 6.19. The Labute approximate surface area is 111 Å². The number of carbonyl (C=O) groups excluding carboxylic acids is 1. The molecule has 0 aliphatic heterocycles. The lowest BCUT2D eigenvalue weighted by Gasteiger charge is -2.17. The first kappa shape index (κ1) is 13.5. The van der Waals surface area contributed by atoms with Crippen LogP contribution in [-0.2, 0) is 11.2 Å². The number of non-ortho nitro benzene ring substituents is 1. The van der Waals surface area contributed by atoms with Crippen LogP contribution in [0.3, 0.4) is 0 Å². The van der Waals surface area contributed by atoms with Gasteiger partial charge >= 0.3 is 0 Å². The minimum atomic E-state index is -0.464. The summed E-state index contributed by atoms with van der Waals surface area (Å²) >= 11 is 0. The molecule has 1 saturated carbocycles. The average molecular weight is 263 g/mol. The molecule has 1 amide bonds. The molecule has 1 aliphatic carbocycles. The Morgan fingerprint density at radius 3 is 2.89 bits per heavy atom. The number of hydrogen-bond acceptors (Lipinski definition) is 4. The van der Waals surface area contributed by atoms with Crippen molar-refractivity contribution in [2.24, 2.45) is 5.73 Å². The van der Waals surface area contributed by atoms with Crippen LogP contribution >= 0.6 is 0 Å². The number of hydrogen-bond donors (Lipinski definition) is 2. The number of nitrogens with two attached hydrogens (primary N) is 1. The number of nitro benzene ring substituents is 1. The van der Waals surface area contributed by atoms with E-state index in [1.165, 1.54) is 12.1 Å². The Morgan fingerprint density at radius 1 is 1.47 bits per heavy atom. The molecule has 0 spiro atoms. The molecule has 0 aromatic heterocycles. The summed E-state index contributed by atoms with van der Waals surface area (Å²) in [7, 11) is 0. The van der Waals surface area contributed by atoms with Crippen LogP contribution in [0.2, 0.25) is 0 Å². The molecule has 19 heavy (non-hydrogen) atoms. The number of carbonyl (C=O) groups is 1. The molecule has 102 valence electrons. The molecular formula is C13H17N3O3. The molecule has 6 heteroatoms. The summed E-state index contributed by atoms with van der Waals surface area (Å²) in [5.41, 5.74) is 6.52. The van der Waals surface area contributed by atoms with Gasteiger partial charge in [-0.25, -0.2) is 0 Å². The quantitative estimate of drug-likeness (QED) is 0.628. The van der Waals surface area contributed by atoms with Gasteiger partial charge in [0.25, 0.3) is 5.69 Å². The van der Waals surface area contributed by atoms with E-state index in [-0.39, 0.29) is 30.1 Å². The topological polar surface area (TPSA) is 98.3 Å². The average Bonchev–Trinajstić information content (AvgIpc) is 2.75. The zero-order valence-electron chi connectivity index (χ0n) is 10.5. The number of nitrogens with one attached hydrogen (secondary N) is 1. The molecule has 1 fully saturated rings. The highest BCUT2D eigenvalue weighted by Crippen LogP contribution is 2.18. The highest BCUT2D eigenvalue weighted by Gasteiger charge is 2.25. The van der Waals surface area contributed by atoms with Gasteiger partial charge in [0.2, 0.25) is 5.91 Å². The van der Waals surface area contributed by atoms with E-state index in [4.69, 9.17) is 5.73 Å². The van der Waals surface area contributed by atoms with Crippen LogP contribution in [0.1, 0.15) is 24.8 Å². The first-order valence-electron chi connectivity index (χ1n) is 6.34. The van der Waals surface area contributed by atoms with E-state index in [9.17, 15) is 14.9 Å². The zero-order chi connectivity index (χ0) is 13.8. The Bertz CT molecular complexity index is 490. The minimum absolute atomic E-state index is 0.00266. The molecule has 0 bridgehead atoms. The zero-order valence-corrected chi connectivity index (χ0v) is 10.5. The van der Waals surface area contributed by atoms with Gasteiger partial charge in [-0.1, -0.05) is 12.1 Å². The Kier molecular flexibility index (Phi) is 4.11. The molecule has 1 aromatic carbocycles. The smallest absolute Gasteiger partial charge is 0.269 e. The fourth-order valence-electron chi connectivity index (χ4n) is 2.39. The van der Waals surface area contributed by atoms with E-state index < -0.39 is 4.92 Å². The predicted octanol–water partition coefficient (Wildman–Crippen LogP) is 1.13. The third kappa shape index (κ3) is 3.51. The number of nitrogens with zero attached hydrogens (tertiary/aromatic N) is 1. The standard InChI is InChI=1S/C13H17N3O3/c14-11-5-2-6-12(11)15-13(17)8-9-3-1-4-10(7-9)16(18)19/h1,3-4,7,11-12H,2,5-6,8,14H2,(H,15,17). The van der Waals surface area contributed by atoms with Gasteiger partial charge in [-0.3, -0.25) is 14.9 Å². The highest BCUT2D eigenvalue weighted by molar-refractivity contribution is 5.79. The summed E-state index contributed by atoms with van der Waals surface area (Å²) in [4.78, 5) is 22.0.